The first kappa shape index (κ1) is 21.3. The van der Waals surface area contributed by atoms with Crippen molar-refractivity contribution in [3.05, 3.63) is 68.3 Å². The van der Waals surface area contributed by atoms with Gasteiger partial charge in [0.2, 0.25) is 0 Å². The number of alkyl halides is 2. The van der Waals surface area contributed by atoms with Crippen molar-refractivity contribution in [1.82, 2.24) is 19.1 Å². The highest BCUT2D eigenvalue weighted by Crippen LogP contribution is 2.33. The fraction of sp³-hybridized carbons (Fsp3) is 0.150. The third-order valence-electron chi connectivity index (χ3n) is 4.64. The summed E-state index contributed by atoms with van der Waals surface area (Å²) in [5.41, 5.74) is -0.348. The molecule has 0 spiro atoms. The molecular weight excluding hydrogens is 444 g/mol. The Labute approximate surface area is 182 Å². The topological polar surface area (TPSA) is 108 Å². The van der Waals surface area contributed by atoms with E-state index in [0.717, 1.165) is 15.9 Å². The standard InChI is InChI=1S/C20H15F2N5O4S/c1-26-15-11(17(29)27(2)20(26)30)7-8-12(23-15)16(28)25-19-24-13(9-32-19)10-5-3-4-6-14(10)31-18(21)22/h3-9,18H,1-2H3,(H,24,25,28). The van der Waals surface area contributed by atoms with Gasteiger partial charge in [-0.2, -0.15) is 8.78 Å². The molecule has 9 nitrogen and oxygen atoms in total. The van der Waals surface area contributed by atoms with Gasteiger partial charge < -0.3 is 4.74 Å². The number of amides is 1. The number of ether oxygens (including phenoxy) is 1. The summed E-state index contributed by atoms with van der Waals surface area (Å²) in [5.74, 6) is -0.651. The van der Waals surface area contributed by atoms with E-state index in [1.807, 2.05) is 0 Å². The first-order chi connectivity index (χ1) is 15.3. The molecule has 32 heavy (non-hydrogen) atoms. The van der Waals surface area contributed by atoms with E-state index in [9.17, 15) is 23.2 Å². The van der Waals surface area contributed by atoms with E-state index in [-0.39, 0.29) is 27.6 Å². The minimum atomic E-state index is -2.99. The molecular formula is C20H15F2N5O4S. The van der Waals surface area contributed by atoms with Crippen molar-refractivity contribution in [2.24, 2.45) is 14.1 Å². The van der Waals surface area contributed by atoms with Crippen LogP contribution in [-0.2, 0) is 14.1 Å². The second kappa shape index (κ2) is 8.30. The van der Waals surface area contributed by atoms with Crippen LogP contribution < -0.4 is 21.3 Å². The van der Waals surface area contributed by atoms with E-state index in [0.29, 0.717) is 11.3 Å². The molecule has 0 aliphatic rings. The van der Waals surface area contributed by atoms with Crippen molar-refractivity contribution in [3.8, 4) is 17.0 Å². The highest BCUT2D eigenvalue weighted by molar-refractivity contribution is 7.14. The molecule has 0 saturated carbocycles. The van der Waals surface area contributed by atoms with E-state index < -0.39 is 23.8 Å². The highest BCUT2D eigenvalue weighted by atomic mass is 32.1. The Bertz CT molecular complexity index is 1460. The summed E-state index contributed by atoms with van der Waals surface area (Å²) in [6, 6.07) is 8.96. The molecule has 3 heterocycles. The largest absolute Gasteiger partial charge is 0.434 e. The normalized spacial score (nSPS) is 11.2. The van der Waals surface area contributed by atoms with Gasteiger partial charge in [-0.1, -0.05) is 12.1 Å². The zero-order valence-corrected chi connectivity index (χ0v) is 17.5. The van der Waals surface area contributed by atoms with Crippen molar-refractivity contribution in [2.45, 2.75) is 6.61 Å². The third kappa shape index (κ3) is 3.87. The Balaban J connectivity index is 1.63. The van der Waals surface area contributed by atoms with Crippen LogP contribution in [0.5, 0.6) is 5.75 Å². The number of pyridine rings is 1. The van der Waals surface area contributed by atoms with Crippen molar-refractivity contribution in [3.63, 3.8) is 0 Å². The van der Waals surface area contributed by atoms with Crippen LogP contribution in [0.4, 0.5) is 13.9 Å². The van der Waals surface area contributed by atoms with Gasteiger partial charge in [-0.15, -0.1) is 11.3 Å². The molecule has 0 unspecified atom stereocenters. The fourth-order valence-corrected chi connectivity index (χ4v) is 3.78. The van der Waals surface area contributed by atoms with Crippen LogP contribution >= 0.6 is 11.3 Å². The maximum Gasteiger partial charge on any atom is 0.387 e. The van der Waals surface area contributed by atoms with Crippen LogP contribution in [0.15, 0.2) is 51.4 Å². The van der Waals surface area contributed by atoms with Crippen LogP contribution in [0.1, 0.15) is 10.5 Å². The van der Waals surface area contributed by atoms with Crippen LogP contribution in [0.2, 0.25) is 0 Å². The molecule has 0 fully saturated rings. The van der Waals surface area contributed by atoms with Gasteiger partial charge in [-0.25, -0.2) is 14.8 Å². The molecule has 3 aromatic heterocycles. The number of carbonyl (C=O) groups excluding carboxylic acids is 1. The highest BCUT2D eigenvalue weighted by Gasteiger charge is 2.17. The van der Waals surface area contributed by atoms with Gasteiger partial charge in [-0.3, -0.25) is 24.0 Å². The Morgan fingerprint density at radius 2 is 1.84 bits per heavy atom. The maximum absolute atomic E-state index is 12.7. The number of rotatable bonds is 5. The third-order valence-corrected chi connectivity index (χ3v) is 5.40. The quantitative estimate of drug-likeness (QED) is 0.492. The van der Waals surface area contributed by atoms with E-state index in [1.54, 1.807) is 23.6 Å². The van der Waals surface area contributed by atoms with E-state index in [4.69, 9.17) is 0 Å². The second-order valence-electron chi connectivity index (χ2n) is 6.64. The molecule has 1 aromatic carbocycles. The zero-order chi connectivity index (χ0) is 23.0. The molecule has 0 bridgehead atoms. The number of nitrogens with zero attached hydrogens (tertiary/aromatic N) is 4. The summed E-state index contributed by atoms with van der Waals surface area (Å²) in [7, 11) is 2.81. The van der Waals surface area contributed by atoms with E-state index >= 15 is 0 Å². The van der Waals surface area contributed by atoms with Crippen LogP contribution in [-0.4, -0.2) is 31.6 Å². The molecule has 0 aliphatic carbocycles. The molecule has 0 saturated heterocycles. The van der Waals surface area contributed by atoms with Gasteiger partial charge in [-0.05, 0) is 24.3 Å². The number of thiazole rings is 1. The smallest absolute Gasteiger partial charge is 0.387 e. The van der Waals surface area contributed by atoms with E-state index in [2.05, 4.69) is 20.0 Å². The Hall–Kier alpha value is -3.93. The molecule has 1 amide bonds. The summed E-state index contributed by atoms with van der Waals surface area (Å²) in [4.78, 5) is 45.5. The van der Waals surface area contributed by atoms with Gasteiger partial charge in [0.25, 0.3) is 11.5 Å². The minimum Gasteiger partial charge on any atom is -0.434 e. The number of aryl methyl sites for hydroxylation is 1. The first-order valence-electron chi connectivity index (χ1n) is 9.14. The number of benzene rings is 1. The Morgan fingerprint density at radius 3 is 2.59 bits per heavy atom. The SMILES string of the molecule is Cn1c(=O)c2ccc(C(=O)Nc3nc(-c4ccccc4OC(F)F)cs3)nc2n(C)c1=O. The maximum atomic E-state index is 12.7. The molecule has 12 heteroatoms. The van der Waals surface area contributed by atoms with Gasteiger partial charge >= 0.3 is 12.3 Å². The molecule has 1 N–H and O–H groups in total. The number of nitrogens with one attached hydrogen (secondary N) is 1. The number of carbonyl (C=O) groups is 1. The molecule has 0 radical (unpaired) electrons. The lowest BCUT2D eigenvalue weighted by Gasteiger charge is -2.08. The van der Waals surface area contributed by atoms with Crippen LogP contribution in [0.25, 0.3) is 22.3 Å². The predicted molar refractivity (Wildman–Crippen MR) is 114 cm³/mol. The lowest BCUT2D eigenvalue weighted by molar-refractivity contribution is -0.0494. The minimum absolute atomic E-state index is 0.0288. The predicted octanol–water partition coefficient (Wildman–Crippen LogP) is 2.61. The summed E-state index contributed by atoms with van der Waals surface area (Å²) >= 11 is 1.09. The van der Waals surface area contributed by atoms with Crippen molar-refractivity contribution < 1.29 is 18.3 Å². The zero-order valence-electron chi connectivity index (χ0n) is 16.7. The molecule has 4 rings (SSSR count). The molecule has 164 valence electrons. The number of aromatic nitrogens is 4. The number of para-hydroxylation sites is 1. The van der Waals surface area contributed by atoms with Crippen LogP contribution in [0.3, 0.4) is 0 Å². The second-order valence-corrected chi connectivity index (χ2v) is 7.50. The van der Waals surface area contributed by atoms with Gasteiger partial charge in [0.1, 0.15) is 17.1 Å². The van der Waals surface area contributed by atoms with Crippen molar-refractivity contribution in [2.75, 3.05) is 5.32 Å². The summed E-state index contributed by atoms with van der Waals surface area (Å²) in [6.07, 6.45) is 0. The molecule has 4 aromatic rings. The summed E-state index contributed by atoms with van der Waals surface area (Å²) < 4.78 is 31.9. The number of hydrogen-bond donors (Lipinski definition) is 1. The average Bonchev–Trinajstić information content (AvgIpc) is 3.24. The molecule has 0 atom stereocenters. The van der Waals surface area contributed by atoms with Crippen molar-refractivity contribution in [1.29, 1.82) is 0 Å². The van der Waals surface area contributed by atoms with Crippen LogP contribution in [0, 0.1) is 0 Å². The average molecular weight is 459 g/mol. The monoisotopic (exact) mass is 459 g/mol. The van der Waals surface area contributed by atoms with Gasteiger partial charge in [0.15, 0.2) is 5.13 Å². The van der Waals surface area contributed by atoms with Crippen molar-refractivity contribution >= 4 is 33.4 Å². The number of anilines is 1. The lowest BCUT2D eigenvalue weighted by Crippen LogP contribution is -2.37. The Kier molecular flexibility index (Phi) is 5.53. The van der Waals surface area contributed by atoms with Gasteiger partial charge in [0.05, 0.1) is 11.1 Å². The summed E-state index contributed by atoms with van der Waals surface area (Å²) in [5, 5.41) is 4.57. The first-order valence-corrected chi connectivity index (χ1v) is 10.0. The Morgan fingerprint density at radius 1 is 1.09 bits per heavy atom. The van der Waals surface area contributed by atoms with Gasteiger partial charge in [0, 0.05) is 25.0 Å². The van der Waals surface area contributed by atoms with E-state index in [1.165, 1.54) is 36.9 Å². The lowest BCUT2D eigenvalue weighted by atomic mass is 10.1. The fourth-order valence-electron chi connectivity index (χ4n) is 3.07. The molecule has 0 aliphatic heterocycles. The number of fused-ring (bicyclic) bond motifs is 1. The summed E-state index contributed by atoms with van der Waals surface area (Å²) in [6.45, 7) is -2.99. The number of hydrogen-bond acceptors (Lipinski definition) is 7. The number of halogens is 2.